The lowest BCUT2D eigenvalue weighted by molar-refractivity contribution is -0.134. The second kappa shape index (κ2) is 5.38. The van der Waals surface area contributed by atoms with Gasteiger partial charge in [-0.15, -0.1) is 11.3 Å². The Bertz CT molecular complexity index is 397. The average molecular weight is 275 g/mol. The smallest absolute Gasteiger partial charge is 0.240 e. The van der Waals surface area contributed by atoms with Crippen molar-refractivity contribution in [3.63, 3.8) is 0 Å². The van der Waals surface area contributed by atoms with E-state index in [-0.39, 0.29) is 11.3 Å². The van der Waals surface area contributed by atoms with Crippen molar-refractivity contribution in [3.8, 4) is 0 Å². The van der Waals surface area contributed by atoms with Gasteiger partial charge in [0.05, 0.1) is 16.9 Å². The summed E-state index contributed by atoms with van der Waals surface area (Å²) in [5.41, 5.74) is 5.72. The lowest BCUT2D eigenvalue weighted by Crippen LogP contribution is -2.48. The fourth-order valence-corrected chi connectivity index (χ4v) is 2.50. The van der Waals surface area contributed by atoms with Crippen molar-refractivity contribution in [2.75, 3.05) is 7.05 Å². The zero-order valence-electron chi connectivity index (χ0n) is 10.7. The van der Waals surface area contributed by atoms with Gasteiger partial charge in [-0.2, -0.15) is 0 Å². The molecule has 96 valence electrons. The highest BCUT2D eigenvalue weighted by atomic mass is 35.5. The molecule has 0 fully saturated rings. The van der Waals surface area contributed by atoms with Crippen LogP contribution in [0.2, 0.25) is 4.34 Å². The van der Waals surface area contributed by atoms with Crippen molar-refractivity contribution in [1.29, 1.82) is 0 Å². The molecule has 0 saturated heterocycles. The summed E-state index contributed by atoms with van der Waals surface area (Å²) in [5.74, 6) is -0.0398. The van der Waals surface area contributed by atoms with Crippen LogP contribution in [0.5, 0.6) is 0 Å². The Balaban J connectivity index is 2.65. The minimum absolute atomic E-state index is 0.0398. The van der Waals surface area contributed by atoms with Crippen LogP contribution in [-0.2, 0) is 11.3 Å². The Morgan fingerprint density at radius 1 is 1.53 bits per heavy atom. The molecule has 0 aromatic carbocycles. The van der Waals surface area contributed by atoms with Crippen molar-refractivity contribution in [3.05, 3.63) is 21.3 Å². The molecule has 3 nitrogen and oxygen atoms in total. The van der Waals surface area contributed by atoms with Crippen LogP contribution >= 0.6 is 22.9 Å². The van der Waals surface area contributed by atoms with Crippen LogP contribution in [0.3, 0.4) is 0 Å². The van der Waals surface area contributed by atoms with E-state index in [0.29, 0.717) is 6.54 Å². The van der Waals surface area contributed by atoms with Crippen LogP contribution in [0.1, 0.15) is 25.6 Å². The van der Waals surface area contributed by atoms with E-state index in [1.54, 1.807) is 11.9 Å². The van der Waals surface area contributed by atoms with Crippen molar-refractivity contribution in [2.24, 2.45) is 11.1 Å². The number of nitrogens with two attached hydrogens (primary N) is 1. The topological polar surface area (TPSA) is 46.3 Å². The zero-order chi connectivity index (χ0) is 13.2. The number of halogens is 1. The number of amides is 1. The summed E-state index contributed by atoms with van der Waals surface area (Å²) < 4.78 is 0.737. The maximum atomic E-state index is 12.1. The molecule has 1 aromatic heterocycles. The number of thiophene rings is 1. The monoisotopic (exact) mass is 274 g/mol. The molecular weight excluding hydrogens is 256 g/mol. The van der Waals surface area contributed by atoms with Gasteiger partial charge in [0.1, 0.15) is 0 Å². The summed E-state index contributed by atoms with van der Waals surface area (Å²) >= 11 is 7.33. The first kappa shape index (κ1) is 14.5. The van der Waals surface area contributed by atoms with Crippen LogP contribution in [0, 0.1) is 5.41 Å². The highest BCUT2D eigenvalue weighted by molar-refractivity contribution is 7.16. The van der Waals surface area contributed by atoms with Gasteiger partial charge >= 0.3 is 0 Å². The number of nitrogens with zero attached hydrogens (tertiary/aromatic N) is 1. The fourth-order valence-electron chi connectivity index (χ4n) is 1.36. The molecule has 1 atom stereocenters. The Morgan fingerprint density at radius 2 is 2.12 bits per heavy atom. The molecular formula is C12H19ClN2OS. The van der Waals surface area contributed by atoms with Crippen LogP contribution in [0.4, 0.5) is 0 Å². The summed E-state index contributed by atoms with van der Waals surface area (Å²) in [5, 5.41) is 0. The van der Waals surface area contributed by atoms with Crippen LogP contribution < -0.4 is 5.73 Å². The van der Waals surface area contributed by atoms with Crippen molar-refractivity contribution in [2.45, 2.75) is 33.4 Å². The van der Waals surface area contributed by atoms with Gasteiger partial charge in [-0.3, -0.25) is 4.79 Å². The minimum atomic E-state index is -0.483. The number of carbonyl (C=O) groups excluding carboxylic acids is 1. The van der Waals surface area contributed by atoms with Crippen molar-refractivity contribution in [1.82, 2.24) is 4.90 Å². The summed E-state index contributed by atoms with van der Waals surface area (Å²) in [4.78, 5) is 14.8. The van der Waals surface area contributed by atoms with Gasteiger partial charge in [-0.05, 0) is 17.5 Å². The van der Waals surface area contributed by atoms with E-state index in [2.05, 4.69) is 0 Å². The van der Waals surface area contributed by atoms with Gasteiger partial charge in [-0.1, -0.05) is 32.4 Å². The van der Waals surface area contributed by atoms with E-state index in [4.69, 9.17) is 17.3 Å². The fraction of sp³-hybridized carbons (Fsp3) is 0.583. The number of hydrogen-bond acceptors (Lipinski definition) is 3. The molecule has 1 aromatic rings. The van der Waals surface area contributed by atoms with Crippen LogP contribution in [0.25, 0.3) is 0 Å². The first-order valence-electron chi connectivity index (χ1n) is 5.46. The Hall–Kier alpha value is -0.580. The zero-order valence-corrected chi connectivity index (χ0v) is 12.2. The highest BCUT2D eigenvalue weighted by Crippen LogP contribution is 2.24. The summed E-state index contributed by atoms with van der Waals surface area (Å²) in [6, 6.07) is 3.28. The van der Waals surface area contributed by atoms with Crippen LogP contribution in [0.15, 0.2) is 12.1 Å². The van der Waals surface area contributed by atoms with E-state index in [1.807, 2.05) is 32.9 Å². The summed E-state index contributed by atoms with van der Waals surface area (Å²) in [7, 11) is 1.77. The molecule has 0 aliphatic heterocycles. The predicted molar refractivity (Wildman–Crippen MR) is 73.2 cm³/mol. The van der Waals surface area contributed by atoms with Crippen LogP contribution in [-0.4, -0.2) is 23.9 Å². The molecule has 1 amide bonds. The van der Waals surface area contributed by atoms with Gasteiger partial charge in [0, 0.05) is 11.9 Å². The first-order chi connectivity index (χ1) is 7.71. The molecule has 0 saturated carbocycles. The quantitative estimate of drug-likeness (QED) is 0.921. The number of rotatable bonds is 3. The van der Waals surface area contributed by atoms with Gasteiger partial charge in [0.2, 0.25) is 5.91 Å². The third-order valence-corrected chi connectivity index (χ3v) is 3.81. The third-order valence-electron chi connectivity index (χ3n) is 2.60. The molecule has 0 spiro atoms. The molecule has 2 N–H and O–H groups in total. The summed E-state index contributed by atoms with van der Waals surface area (Å²) in [6.07, 6.45) is 0. The van der Waals surface area contributed by atoms with Crippen molar-refractivity contribution < 1.29 is 4.79 Å². The van der Waals surface area contributed by atoms with E-state index in [1.165, 1.54) is 11.3 Å². The van der Waals surface area contributed by atoms with Crippen molar-refractivity contribution >= 4 is 28.8 Å². The Labute approximate surface area is 112 Å². The molecule has 17 heavy (non-hydrogen) atoms. The number of carbonyl (C=O) groups is 1. The van der Waals surface area contributed by atoms with E-state index >= 15 is 0 Å². The maximum absolute atomic E-state index is 12.1. The standard InChI is InChI=1S/C12H19ClN2OS/c1-12(2,3)10(14)11(16)15(4)7-8-5-6-9(13)17-8/h5-6,10H,7,14H2,1-4H3/t10-/m1/s1. The molecule has 5 heteroatoms. The Kier molecular flexibility index (Phi) is 4.58. The SMILES string of the molecule is CN(Cc1ccc(Cl)s1)C(=O)[C@@H](N)C(C)(C)C. The van der Waals surface area contributed by atoms with Gasteiger partial charge in [0.15, 0.2) is 0 Å². The first-order valence-corrected chi connectivity index (χ1v) is 6.66. The van der Waals surface area contributed by atoms with Gasteiger partial charge in [0.25, 0.3) is 0 Å². The van der Waals surface area contributed by atoms with E-state index in [0.717, 1.165) is 9.21 Å². The molecule has 0 unspecified atom stereocenters. The largest absolute Gasteiger partial charge is 0.339 e. The van der Waals surface area contributed by atoms with E-state index in [9.17, 15) is 4.79 Å². The molecule has 0 bridgehead atoms. The molecule has 0 aliphatic carbocycles. The Morgan fingerprint density at radius 3 is 2.53 bits per heavy atom. The van der Waals surface area contributed by atoms with Gasteiger partial charge in [-0.25, -0.2) is 0 Å². The normalized spacial score (nSPS) is 13.5. The predicted octanol–water partition coefficient (Wildman–Crippen LogP) is 2.73. The highest BCUT2D eigenvalue weighted by Gasteiger charge is 2.29. The van der Waals surface area contributed by atoms with E-state index < -0.39 is 6.04 Å². The molecule has 0 radical (unpaired) electrons. The maximum Gasteiger partial charge on any atom is 0.240 e. The second-order valence-corrected chi connectivity index (χ2v) is 7.04. The lowest BCUT2D eigenvalue weighted by Gasteiger charge is -2.29. The number of likely N-dealkylation sites (N-methyl/N-ethyl adjacent to an activating group) is 1. The lowest BCUT2D eigenvalue weighted by atomic mass is 9.86. The second-order valence-electron chi connectivity index (χ2n) is 5.24. The molecule has 0 aliphatic rings. The summed E-state index contributed by atoms with van der Waals surface area (Å²) in [6.45, 7) is 6.45. The minimum Gasteiger partial charge on any atom is -0.339 e. The number of hydrogen-bond donors (Lipinski definition) is 1. The third kappa shape index (κ3) is 3.98. The van der Waals surface area contributed by atoms with Gasteiger partial charge < -0.3 is 10.6 Å². The average Bonchev–Trinajstić information content (AvgIpc) is 2.60. The molecule has 1 rings (SSSR count). The molecule has 1 heterocycles.